The number of hydrogen-bond acceptors (Lipinski definition) is 5. The van der Waals surface area contributed by atoms with Gasteiger partial charge in [0.25, 0.3) is 10.0 Å². The lowest BCUT2D eigenvalue weighted by Gasteiger charge is -2.24. The standard InChI is InChI=1S/C9H10F3NO3S3/c1-16-6-2-4-17-7(6)19(14,15)13-3-5-18-8(13)9(10,11)12/h2,4,8H,3,5H2,1H3. The molecular weight excluding hydrogens is 323 g/mol. The van der Waals surface area contributed by atoms with Crippen molar-refractivity contribution in [3.63, 3.8) is 0 Å². The van der Waals surface area contributed by atoms with E-state index in [0.717, 1.165) is 11.3 Å². The van der Waals surface area contributed by atoms with E-state index in [1.165, 1.54) is 18.6 Å². The molecular formula is C9H10F3NO3S3. The van der Waals surface area contributed by atoms with Crippen molar-refractivity contribution in [1.29, 1.82) is 0 Å². The third-order valence-electron chi connectivity index (χ3n) is 2.49. The summed E-state index contributed by atoms with van der Waals surface area (Å²) < 4.78 is 68.2. The minimum atomic E-state index is -4.58. The second-order valence-electron chi connectivity index (χ2n) is 3.66. The molecule has 10 heteroatoms. The van der Waals surface area contributed by atoms with Crippen molar-refractivity contribution >= 4 is 33.1 Å². The van der Waals surface area contributed by atoms with E-state index in [-0.39, 0.29) is 22.3 Å². The van der Waals surface area contributed by atoms with Gasteiger partial charge in [-0.1, -0.05) is 0 Å². The van der Waals surface area contributed by atoms with Gasteiger partial charge in [0.15, 0.2) is 9.58 Å². The fraction of sp³-hybridized carbons (Fsp3) is 0.556. The van der Waals surface area contributed by atoms with Gasteiger partial charge in [-0.2, -0.15) is 17.5 Å². The Labute approximate surface area is 116 Å². The van der Waals surface area contributed by atoms with Crippen LogP contribution in [0.15, 0.2) is 15.7 Å². The number of thiophene rings is 1. The van der Waals surface area contributed by atoms with Crippen LogP contribution in [-0.2, 0) is 10.0 Å². The Morgan fingerprint density at radius 3 is 2.74 bits per heavy atom. The number of methoxy groups -OCH3 is 1. The SMILES string of the molecule is COc1ccsc1S(=O)(=O)N1CCSC1C(F)(F)F. The Kier molecular flexibility index (Phi) is 4.05. The first-order valence-corrected chi connectivity index (χ1v) is 8.47. The number of hydrogen-bond donors (Lipinski definition) is 0. The lowest BCUT2D eigenvalue weighted by atomic mass is 10.6. The molecule has 0 radical (unpaired) electrons. The molecule has 108 valence electrons. The molecule has 0 aromatic carbocycles. The van der Waals surface area contributed by atoms with Gasteiger partial charge in [-0.25, -0.2) is 8.42 Å². The van der Waals surface area contributed by atoms with Crippen molar-refractivity contribution in [2.45, 2.75) is 15.8 Å². The van der Waals surface area contributed by atoms with Crippen LogP contribution in [0.4, 0.5) is 13.2 Å². The first kappa shape index (κ1) is 14.9. The van der Waals surface area contributed by atoms with Gasteiger partial charge in [0.05, 0.1) is 7.11 Å². The highest BCUT2D eigenvalue weighted by Gasteiger charge is 2.52. The number of thioether (sulfide) groups is 1. The third kappa shape index (κ3) is 2.71. The average molecular weight is 333 g/mol. The van der Waals surface area contributed by atoms with Crippen LogP contribution in [0.3, 0.4) is 0 Å². The maximum atomic E-state index is 12.8. The van der Waals surface area contributed by atoms with E-state index in [2.05, 4.69) is 0 Å². The van der Waals surface area contributed by atoms with Crippen molar-refractivity contribution in [3.8, 4) is 5.75 Å². The summed E-state index contributed by atoms with van der Waals surface area (Å²) in [6.07, 6.45) is -4.58. The molecule has 0 spiro atoms. The number of halogens is 3. The van der Waals surface area contributed by atoms with Gasteiger partial charge < -0.3 is 4.74 Å². The van der Waals surface area contributed by atoms with Gasteiger partial charge in [-0.3, -0.25) is 0 Å². The molecule has 0 bridgehead atoms. The number of rotatable bonds is 3. The number of ether oxygens (including phenoxy) is 1. The van der Waals surface area contributed by atoms with E-state index in [1.54, 1.807) is 0 Å². The summed E-state index contributed by atoms with van der Waals surface area (Å²) in [7, 11) is -2.91. The van der Waals surface area contributed by atoms with E-state index in [0.29, 0.717) is 16.1 Å². The number of nitrogens with zero attached hydrogens (tertiary/aromatic N) is 1. The molecule has 1 saturated heterocycles. The maximum Gasteiger partial charge on any atom is 0.414 e. The van der Waals surface area contributed by atoms with Gasteiger partial charge in [0, 0.05) is 12.3 Å². The van der Waals surface area contributed by atoms with Crippen LogP contribution < -0.4 is 4.74 Å². The number of alkyl halides is 3. The lowest BCUT2D eigenvalue weighted by Crippen LogP contribution is -2.43. The Hall–Kier alpha value is -0.450. The molecule has 1 atom stereocenters. The second-order valence-corrected chi connectivity index (χ2v) is 7.85. The molecule has 1 aliphatic heterocycles. The largest absolute Gasteiger partial charge is 0.494 e. The molecule has 2 rings (SSSR count). The fourth-order valence-corrected chi connectivity index (χ4v) is 6.16. The summed E-state index contributed by atoms with van der Waals surface area (Å²) in [6.45, 7) is -0.155. The van der Waals surface area contributed by atoms with Crippen molar-refractivity contribution in [3.05, 3.63) is 11.4 Å². The summed E-state index contributed by atoms with van der Waals surface area (Å²) >= 11 is 1.43. The topological polar surface area (TPSA) is 46.6 Å². The zero-order valence-electron chi connectivity index (χ0n) is 9.68. The quantitative estimate of drug-likeness (QED) is 0.852. The zero-order chi connectivity index (χ0) is 14.3. The summed E-state index contributed by atoms with van der Waals surface area (Å²) in [5, 5.41) is -0.554. The highest BCUT2D eigenvalue weighted by atomic mass is 32.2. The molecule has 1 fully saturated rings. The molecule has 2 heterocycles. The fourth-order valence-electron chi connectivity index (χ4n) is 1.69. The van der Waals surface area contributed by atoms with Gasteiger partial charge in [-0.05, 0) is 11.4 Å². The van der Waals surface area contributed by atoms with Crippen LogP contribution in [0.2, 0.25) is 0 Å². The zero-order valence-corrected chi connectivity index (χ0v) is 12.1. The molecule has 19 heavy (non-hydrogen) atoms. The van der Waals surface area contributed by atoms with Gasteiger partial charge in [-0.15, -0.1) is 23.1 Å². The molecule has 0 amide bonds. The smallest absolute Gasteiger partial charge is 0.414 e. The van der Waals surface area contributed by atoms with Crippen LogP contribution in [0.5, 0.6) is 5.75 Å². The summed E-state index contributed by atoms with van der Waals surface area (Å²) in [5.74, 6) is 0.194. The monoisotopic (exact) mass is 333 g/mol. The highest BCUT2D eigenvalue weighted by molar-refractivity contribution is 8.01. The second kappa shape index (κ2) is 5.15. The summed E-state index contributed by atoms with van der Waals surface area (Å²) in [6, 6.07) is 1.42. The van der Waals surface area contributed by atoms with Crippen molar-refractivity contribution in [2.24, 2.45) is 0 Å². The minimum absolute atomic E-state index is 0.0721. The van der Waals surface area contributed by atoms with Crippen LogP contribution in [0.25, 0.3) is 0 Å². The Bertz CT molecular complexity index is 555. The Morgan fingerprint density at radius 2 is 2.16 bits per heavy atom. The minimum Gasteiger partial charge on any atom is -0.494 e. The van der Waals surface area contributed by atoms with Crippen LogP contribution in [-0.4, -0.2) is 43.7 Å². The van der Waals surface area contributed by atoms with Crippen LogP contribution in [0.1, 0.15) is 0 Å². The van der Waals surface area contributed by atoms with E-state index >= 15 is 0 Å². The van der Waals surface area contributed by atoms with Gasteiger partial charge in [0.1, 0.15) is 5.75 Å². The van der Waals surface area contributed by atoms with Gasteiger partial charge >= 0.3 is 6.18 Å². The Balaban J connectivity index is 2.40. The van der Waals surface area contributed by atoms with Crippen LogP contribution in [0, 0.1) is 0 Å². The molecule has 0 N–H and O–H groups in total. The first-order chi connectivity index (χ1) is 8.78. The van der Waals surface area contributed by atoms with Crippen LogP contribution >= 0.6 is 23.1 Å². The molecule has 0 saturated carbocycles. The molecule has 4 nitrogen and oxygen atoms in total. The normalized spacial score (nSPS) is 21.8. The van der Waals surface area contributed by atoms with E-state index in [4.69, 9.17) is 4.74 Å². The molecule has 0 aliphatic carbocycles. The average Bonchev–Trinajstić information content (AvgIpc) is 2.97. The van der Waals surface area contributed by atoms with E-state index in [1.807, 2.05) is 0 Å². The van der Waals surface area contributed by atoms with Crippen molar-refractivity contribution in [2.75, 3.05) is 19.4 Å². The third-order valence-corrected chi connectivity index (χ3v) is 7.17. The van der Waals surface area contributed by atoms with E-state index < -0.39 is 21.6 Å². The van der Waals surface area contributed by atoms with E-state index in [9.17, 15) is 21.6 Å². The lowest BCUT2D eigenvalue weighted by molar-refractivity contribution is -0.144. The number of sulfonamides is 1. The predicted molar refractivity (Wildman–Crippen MR) is 67.1 cm³/mol. The Morgan fingerprint density at radius 1 is 1.47 bits per heavy atom. The molecule has 1 unspecified atom stereocenters. The molecule has 1 aromatic heterocycles. The summed E-state index contributed by atoms with van der Waals surface area (Å²) in [5.41, 5.74) is 0. The van der Waals surface area contributed by atoms with Gasteiger partial charge in [0.2, 0.25) is 0 Å². The maximum absolute atomic E-state index is 12.8. The summed E-state index contributed by atoms with van der Waals surface area (Å²) in [4.78, 5) is 0. The molecule has 1 aromatic rings. The predicted octanol–water partition coefficient (Wildman–Crippen LogP) is 2.38. The van der Waals surface area contributed by atoms with Crippen molar-refractivity contribution < 1.29 is 26.3 Å². The van der Waals surface area contributed by atoms with Crippen molar-refractivity contribution in [1.82, 2.24) is 4.31 Å². The highest BCUT2D eigenvalue weighted by Crippen LogP contribution is 2.42. The molecule has 1 aliphatic rings. The first-order valence-electron chi connectivity index (χ1n) is 5.10.